The number of rotatable bonds is 6. The zero-order valence-corrected chi connectivity index (χ0v) is 13.4. The Morgan fingerprint density at radius 3 is 2.58 bits per heavy atom. The third-order valence-electron chi connectivity index (χ3n) is 3.20. The lowest BCUT2D eigenvalue weighted by Crippen LogP contribution is -2.16. The highest BCUT2D eigenvalue weighted by Gasteiger charge is 2.15. The molecule has 2 rings (SSSR count). The van der Waals surface area contributed by atoms with E-state index in [1.165, 1.54) is 30.3 Å². The highest BCUT2D eigenvalue weighted by Crippen LogP contribution is 2.23. The van der Waals surface area contributed by atoms with E-state index in [1.54, 1.807) is 6.07 Å². The predicted octanol–water partition coefficient (Wildman–Crippen LogP) is 3.81. The van der Waals surface area contributed by atoms with Crippen LogP contribution in [0.3, 0.4) is 0 Å². The lowest BCUT2D eigenvalue weighted by Gasteiger charge is -2.13. The Balaban J connectivity index is 1.99. The van der Waals surface area contributed by atoms with Crippen LogP contribution in [0.4, 0.5) is 14.5 Å². The standard InChI is InChI=1S/C18H19F2NO3/c1-11(2)24-14-6-7-16(15(20)9-14)21-18(23)10-17(22)12-4-3-5-13(19)8-12/h3-9,11,17,22H,10H2,1-2H3,(H,21,23). The van der Waals surface area contributed by atoms with Crippen molar-refractivity contribution in [2.75, 3.05) is 5.32 Å². The normalized spacial score (nSPS) is 12.1. The van der Waals surface area contributed by atoms with Crippen LogP contribution in [0.15, 0.2) is 42.5 Å². The maximum absolute atomic E-state index is 14.0. The van der Waals surface area contributed by atoms with Gasteiger partial charge in [-0.1, -0.05) is 12.1 Å². The number of benzene rings is 2. The topological polar surface area (TPSA) is 58.6 Å². The summed E-state index contributed by atoms with van der Waals surface area (Å²) in [6.45, 7) is 3.64. The van der Waals surface area contributed by atoms with Gasteiger partial charge in [0.1, 0.15) is 17.4 Å². The summed E-state index contributed by atoms with van der Waals surface area (Å²) < 4.78 is 32.4. The fourth-order valence-corrected chi connectivity index (χ4v) is 2.15. The number of amides is 1. The summed E-state index contributed by atoms with van der Waals surface area (Å²) in [5.41, 5.74) is 0.272. The van der Waals surface area contributed by atoms with E-state index in [0.29, 0.717) is 5.75 Å². The Bertz CT molecular complexity index is 719. The summed E-state index contributed by atoms with van der Waals surface area (Å²) in [5.74, 6) is -1.36. The van der Waals surface area contributed by atoms with Gasteiger partial charge < -0.3 is 15.2 Å². The second-order valence-corrected chi connectivity index (χ2v) is 5.63. The largest absolute Gasteiger partial charge is 0.491 e. The van der Waals surface area contributed by atoms with E-state index < -0.39 is 23.6 Å². The average Bonchev–Trinajstić information content (AvgIpc) is 2.49. The van der Waals surface area contributed by atoms with Crippen LogP contribution in [0.2, 0.25) is 0 Å². The zero-order chi connectivity index (χ0) is 17.7. The summed E-state index contributed by atoms with van der Waals surface area (Å²) in [7, 11) is 0. The number of aliphatic hydroxyl groups excluding tert-OH is 1. The molecule has 0 saturated heterocycles. The number of nitrogens with one attached hydrogen (secondary N) is 1. The zero-order valence-electron chi connectivity index (χ0n) is 13.4. The highest BCUT2D eigenvalue weighted by atomic mass is 19.1. The molecule has 128 valence electrons. The number of carbonyl (C=O) groups excluding carboxylic acids is 1. The molecular weight excluding hydrogens is 316 g/mol. The maximum Gasteiger partial charge on any atom is 0.227 e. The van der Waals surface area contributed by atoms with Crippen molar-refractivity contribution in [2.24, 2.45) is 0 Å². The number of halogens is 2. The van der Waals surface area contributed by atoms with Crippen LogP contribution in [0.25, 0.3) is 0 Å². The Hall–Kier alpha value is -2.47. The first kappa shape index (κ1) is 17.9. The second-order valence-electron chi connectivity index (χ2n) is 5.63. The van der Waals surface area contributed by atoms with Crippen molar-refractivity contribution in [3.63, 3.8) is 0 Å². The van der Waals surface area contributed by atoms with Crippen molar-refractivity contribution in [1.82, 2.24) is 0 Å². The summed E-state index contributed by atoms with van der Waals surface area (Å²) in [6, 6.07) is 9.46. The first-order chi connectivity index (χ1) is 11.3. The molecule has 2 aromatic carbocycles. The molecule has 1 amide bonds. The van der Waals surface area contributed by atoms with E-state index in [9.17, 15) is 18.7 Å². The van der Waals surface area contributed by atoms with Gasteiger partial charge in [-0.15, -0.1) is 0 Å². The summed E-state index contributed by atoms with van der Waals surface area (Å²) >= 11 is 0. The van der Waals surface area contributed by atoms with Gasteiger partial charge in [0.2, 0.25) is 5.91 Å². The fraction of sp³-hybridized carbons (Fsp3) is 0.278. The summed E-state index contributed by atoms with van der Waals surface area (Å²) in [4.78, 5) is 11.9. The molecule has 0 spiro atoms. The Morgan fingerprint density at radius 2 is 1.96 bits per heavy atom. The summed E-state index contributed by atoms with van der Waals surface area (Å²) in [5, 5.41) is 12.3. The number of hydrogen-bond donors (Lipinski definition) is 2. The molecule has 2 aromatic rings. The van der Waals surface area contributed by atoms with Crippen molar-refractivity contribution in [3.05, 3.63) is 59.7 Å². The van der Waals surface area contributed by atoms with Gasteiger partial charge >= 0.3 is 0 Å². The van der Waals surface area contributed by atoms with Crippen LogP contribution >= 0.6 is 0 Å². The van der Waals surface area contributed by atoms with E-state index in [2.05, 4.69) is 5.32 Å². The smallest absolute Gasteiger partial charge is 0.227 e. The lowest BCUT2D eigenvalue weighted by atomic mass is 10.1. The Morgan fingerprint density at radius 1 is 1.21 bits per heavy atom. The monoisotopic (exact) mass is 335 g/mol. The molecule has 0 aliphatic rings. The molecule has 6 heteroatoms. The van der Waals surface area contributed by atoms with E-state index in [0.717, 1.165) is 6.07 Å². The van der Waals surface area contributed by atoms with Crippen LogP contribution in [-0.2, 0) is 4.79 Å². The number of ether oxygens (including phenoxy) is 1. The minimum absolute atomic E-state index is 0.0115. The Labute approximate surface area is 139 Å². The van der Waals surface area contributed by atoms with Crippen LogP contribution in [0.1, 0.15) is 31.9 Å². The molecule has 1 unspecified atom stereocenters. The molecule has 4 nitrogen and oxygen atoms in total. The van der Waals surface area contributed by atoms with Crippen LogP contribution in [0.5, 0.6) is 5.75 Å². The van der Waals surface area contributed by atoms with Crippen LogP contribution < -0.4 is 10.1 Å². The predicted molar refractivity (Wildman–Crippen MR) is 86.8 cm³/mol. The molecular formula is C18H19F2NO3. The second kappa shape index (κ2) is 7.88. The molecule has 0 aliphatic heterocycles. The highest BCUT2D eigenvalue weighted by molar-refractivity contribution is 5.91. The van der Waals surface area contributed by atoms with Gasteiger partial charge in [0.25, 0.3) is 0 Å². The van der Waals surface area contributed by atoms with Crippen LogP contribution in [0, 0.1) is 11.6 Å². The molecule has 0 fully saturated rings. The number of aliphatic hydroxyl groups is 1. The van der Waals surface area contributed by atoms with E-state index >= 15 is 0 Å². The quantitative estimate of drug-likeness (QED) is 0.844. The molecule has 0 radical (unpaired) electrons. The van der Waals surface area contributed by atoms with Crippen molar-refractivity contribution >= 4 is 11.6 Å². The molecule has 0 aliphatic carbocycles. The van der Waals surface area contributed by atoms with Gasteiger partial charge in [-0.05, 0) is 43.7 Å². The molecule has 0 aromatic heterocycles. The lowest BCUT2D eigenvalue weighted by molar-refractivity contribution is -0.118. The first-order valence-corrected chi connectivity index (χ1v) is 7.54. The molecule has 2 N–H and O–H groups in total. The maximum atomic E-state index is 14.0. The minimum atomic E-state index is -1.17. The number of carbonyl (C=O) groups is 1. The van der Waals surface area contributed by atoms with Gasteiger partial charge in [-0.3, -0.25) is 4.79 Å². The fourth-order valence-electron chi connectivity index (χ4n) is 2.15. The number of hydrogen-bond acceptors (Lipinski definition) is 3. The van der Waals surface area contributed by atoms with Gasteiger partial charge in [-0.25, -0.2) is 8.78 Å². The number of anilines is 1. The minimum Gasteiger partial charge on any atom is -0.491 e. The van der Waals surface area contributed by atoms with Crippen molar-refractivity contribution in [2.45, 2.75) is 32.5 Å². The van der Waals surface area contributed by atoms with Gasteiger partial charge in [0.15, 0.2) is 0 Å². The van der Waals surface area contributed by atoms with E-state index in [4.69, 9.17) is 4.74 Å². The SMILES string of the molecule is CC(C)Oc1ccc(NC(=O)CC(O)c2cccc(F)c2)c(F)c1. The molecule has 1 atom stereocenters. The van der Waals surface area contributed by atoms with Gasteiger partial charge in [0.05, 0.1) is 24.3 Å². The molecule has 0 saturated carbocycles. The van der Waals surface area contributed by atoms with Crippen LogP contribution in [-0.4, -0.2) is 17.1 Å². The third kappa shape index (κ3) is 5.03. The average molecular weight is 335 g/mol. The van der Waals surface area contributed by atoms with Crippen molar-refractivity contribution < 1.29 is 23.4 Å². The third-order valence-corrected chi connectivity index (χ3v) is 3.20. The first-order valence-electron chi connectivity index (χ1n) is 7.54. The molecule has 0 heterocycles. The van der Waals surface area contributed by atoms with E-state index in [1.807, 2.05) is 13.8 Å². The van der Waals surface area contributed by atoms with Crippen molar-refractivity contribution in [3.8, 4) is 5.75 Å². The van der Waals surface area contributed by atoms with Crippen molar-refractivity contribution in [1.29, 1.82) is 0 Å². The van der Waals surface area contributed by atoms with Gasteiger partial charge in [0, 0.05) is 6.07 Å². The Kier molecular flexibility index (Phi) is 5.87. The molecule has 24 heavy (non-hydrogen) atoms. The summed E-state index contributed by atoms with van der Waals surface area (Å²) in [6.07, 6.45) is -1.58. The molecule has 0 bridgehead atoms. The van der Waals surface area contributed by atoms with Gasteiger partial charge in [-0.2, -0.15) is 0 Å². The van der Waals surface area contributed by atoms with E-state index in [-0.39, 0.29) is 23.8 Å².